The van der Waals surface area contributed by atoms with Gasteiger partial charge < -0.3 is 15.1 Å². The molecule has 1 atom stereocenters. The fourth-order valence-corrected chi connectivity index (χ4v) is 3.32. The van der Waals surface area contributed by atoms with Crippen molar-refractivity contribution in [1.29, 1.82) is 0 Å². The summed E-state index contributed by atoms with van der Waals surface area (Å²) in [5.41, 5.74) is 2.33. The molecule has 1 fully saturated rings. The first-order chi connectivity index (χ1) is 13.5. The largest absolute Gasteiger partial charge is 0.459 e. The van der Waals surface area contributed by atoms with Crippen molar-refractivity contribution >= 4 is 11.8 Å². The summed E-state index contributed by atoms with van der Waals surface area (Å²) in [5, 5.41) is 5.49. The lowest BCUT2D eigenvalue weighted by molar-refractivity contribution is -0.122. The monoisotopic (exact) mass is 383 g/mol. The molecule has 2 aromatic rings. The van der Waals surface area contributed by atoms with Crippen LogP contribution in [0.5, 0.6) is 0 Å². The predicted molar refractivity (Wildman–Crippen MR) is 108 cm³/mol. The number of hydrogen-bond donors (Lipinski definition) is 2. The molecule has 0 radical (unpaired) electrons. The topological polar surface area (TPSA) is 74.6 Å². The summed E-state index contributed by atoms with van der Waals surface area (Å²) in [4.78, 5) is 26.6. The Labute approximate surface area is 166 Å². The maximum atomic E-state index is 12.2. The molecule has 6 heteroatoms. The number of carbonyl (C=O) groups excluding carboxylic acids is 2. The highest BCUT2D eigenvalue weighted by Crippen LogP contribution is 2.18. The summed E-state index contributed by atoms with van der Waals surface area (Å²) in [7, 11) is 0. The zero-order valence-electron chi connectivity index (χ0n) is 16.6. The van der Waals surface area contributed by atoms with Crippen LogP contribution in [0.2, 0.25) is 0 Å². The van der Waals surface area contributed by atoms with Gasteiger partial charge in [-0.25, -0.2) is 0 Å². The first-order valence-corrected chi connectivity index (χ1v) is 9.93. The summed E-state index contributed by atoms with van der Waals surface area (Å²) in [6.07, 6.45) is 3.98. The number of amides is 2. The first kappa shape index (κ1) is 20.1. The van der Waals surface area contributed by atoms with Crippen molar-refractivity contribution in [3.05, 3.63) is 59.5 Å². The van der Waals surface area contributed by atoms with Crippen LogP contribution >= 0.6 is 0 Å². The lowest BCUT2D eigenvalue weighted by Crippen LogP contribution is -2.44. The van der Waals surface area contributed by atoms with Crippen LogP contribution in [0, 0.1) is 5.92 Å². The lowest BCUT2D eigenvalue weighted by atomic mass is 9.99. The van der Waals surface area contributed by atoms with Crippen molar-refractivity contribution in [2.24, 2.45) is 5.92 Å². The van der Waals surface area contributed by atoms with Crippen LogP contribution < -0.4 is 10.6 Å². The van der Waals surface area contributed by atoms with Gasteiger partial charge in [0.2, 0.25) is 5.91 Å². The minimum absolute atomic E-state index is 0.193. The Hall–Kier alpha value is -2.60. The van der Waals surface area contributed by atoms with Gasteiger partial charge in [0.25, 0.3) is 5.91 Å². The van der Waals surface area contributed by atoms with E-state index in [9.17, 15) is 9.59 Å². The second kappa shape index (κ2) is 9.55. The molecule has 0 aliphatic carbocycles. The maximum Gasteiger partial charge on any atom is 0.287 e. The highest BCUT2D eigenvalue weighted by molar-refractivity contribution is 5.95. The zero-order valence-corrected chi connectivity index (χ0v) is 16.6. The molecular weight excluding hydrogens is 354 g/mol. The van der Waals surface area contributed by atoms with Gasteiger partial charge in [-0.1, -0.05) is 31.2 Å². The van der Waals surface area contributed by atoms with Gasteiger partial charge in [0.05, 0.1) is 6.26 Å². The molecule has 3 rings (SSSR count). The second-order valence-electron chi connectivity index (χ2n) is 7.67. The minimum atomic E-state index is -0.640. The number of hydrogen-bond acceptors (Lipinski definition) is 4. The number of nitrogens with one attached hydrogen (secondary N) is 2. The molecule has 1 saturated heterocycles. The van der Waals surface area contributed by atoms with E-state index in [4.69, 9.17) is 4.42 Å². The van der Waals surface area contributed by atoms with Crippen molar-refractivity contribution in [3.8, 4) is 0 Å². The van der Waals surface area contributed by atoms with E-state index >= 15 is 0 Å². The Kier molecular flexibility index (Phi) is 6.87. The minimum Gasteiger partial charge on any atom is -0.459 e. The number of furan rings is 1. The van der Waals surface area contributed by atoms with Crippen molar-refractivity contribution < 1.29 is 14.0 Å². The number of nitrogens with zero attached hydrogens (tertiary/aromatic N) is 1. The number of carbonyl (C=O) groups is 2. The third-order valence-corrected chi connectivity index (χ3v) is 5.26. The Bertz CT molecular complexity index is 763. The molecule has 1 aliphatic heterocycles. The SMILES string of the molecule is CC1CCN(Cc2ccc(CNC(=O)C(C)NC(=O)c3ccco3)cc2)CC1. The normalized spacial score (nSPS) is 16.5. The third-order valence-electron chi connectivity index (χ3n) is 5.26. The van der Waals surface area contributed by atoms with Gasteiger partial charge in [-0.15, -0.1) is 0 Å². The van der Waals surface area contributed by atoms with E-state index in [2.05, 4.69) is 34.6 Å². The van der Waals surface area contributed by atoms with E-state index in [1.807, 2.05) is 12.1 Å². The quantitative estimate of drug-likeness (QED) is 0.771. The van der Waals surface area contributed by atoms with Crippen molar-refractivity contribution in [2.75, 3.05) is 13.1 Å². The molecule has 2 amide bonds. The van der Waals surface area contributed by atoms with Crippen molar-refractivity contribution in [1.82, 2.24) is 15.5 Å². The van der Waals surface area contributed by atoms with E-state index in [0.29, 0.717) is 6.54 Å². The summed E-state index contributed by atoms with van der Waals surface area (Å²) in [5.74, 6) is 0.405. The molecule has 6 nitrogen and oxygen atoms in total. The Balaban J connectivity index is 1.42. The highest BCUT2D eigenvalue weighted by atomic mass is 16.3. The number of rotatable bonds is 7. The van der Waals surface area contributed by atoms with Crippen LogP contribution in [0.3, 0.4) is 0 Å². The average Bonchev–Trinajstić information content (AvgIpc) is 3.24. The smallest absolute Gasteiger partial charge is 0.287 e. The van der Waals surface area contributed by atoms with Gasteiger partial charge in [0.1, 0.15) is 6.04 Å². The maximum absolute atomic E-state index is 12.2. The molecule has 0 bridgehead atoms. The summed E-state index contributed by atoms with van der Waals surface area (Å²) >= 11 is 0. The van der Waals surface area contributed by atoms with Gasteiger partial charge >= 0.3 is 0 Å². The van der Waals surface area contributed by atoms with Crippen LogP contribution in [0.25, 0.3) is 0 Å². The lowest BCUT2D eigenvalue weighted by Gasteiger charge is -2.30. The molecule has 1 aromatic carbocycles. The summed E-state index contributed by atoms with van der Waals surface area (Å²) in [6, 6.07) is 10.9. The van der Waals surface area contributed by atoms with Crippen LogP contribution in [-0.2, 0) is 17.9 Å². The van der Waals surface area contributed by atoms with E-state index in [0.717, 1.165) is 18.0 Å². The van der Waals surface area contributed by atoms with Gasteiger partial charge in [-0.3, -0.25) is 14.5 Å². The molecule has 0 spiro atoms. The Morgan fingerprint density at radius 3 is 2.46 bits per heavy atom. The molecule has 1 aliphatic rings. The van der Waals surface area contributed by atoms with Gasteiger partial charge in [0, 0.05) is 13.1 Å². The Morgan fingerprint density at radius 1 is 1.14 bits per heavy atom. The summed E-state index contributed by atoms with van der Waals surface area (Å²) < 4.78 is 5.03. The second-order valence-corrected chi connectivity index (χ2v) is 7.67. The fourth-order valence-electron chi connectivity index (χ4n) is 3.32. The van der Waals surface area contributed by atoms with Gasteiger partial charge in [-0.2, -0.15) is 0 Å². The third kappa shape index (κ3) is 5.70. The molecule has 1 unspecified atom stereocenters. The Morgan fingerprint density at radius 2 is 1.82 bits per heavy atom. The highest BCUT2D eigenvalue weighted by Gasteiger charge is 2.18. The zero-order chi connectivity index (χ0) is 19.9. The molecule has 2 N–H and O–H groups in total. The van der Waals surface area contributed by atoms with E-state index in [1.165, 1.54) is 37.8 Å². The van der Waals surface area contributed by atoms with Crippen molar-refractivity contribution in [2.45, 2.75) is 45.8 Å². The van der Waals surface area contributed by atoms with E-state index in [-0.39, 0.29) is 11.7 Å². The van der Waals surface area contributed by atoms with Crippen LogP contribution in [0.15, 0.2) is 47.1 Å². The molecule has 1 aromatic heterocycles. The average molecular weight is 383 g/mol. The number of likely N-dealkylation sites (tertiary alicyclic amines) is 1. The molecule has 2 heterocycles. The molecule has 0 saturated carbocycles. The number of piperidine rings is 1. The number of benzene rings is 1. The molecular formula is C22H29N3O3. The molecule has 28 heavy (non-hydrogen) atoms. The van der Waals surface area contributed by atoms with Crippen LogP contribution in [0.1, 0.15) is 48.4 Å². The first-order valence-electron chi connectivity index (χ1n) is 9.93. The van der Waals surface area contributed by atoms with Crippen LogP contribution in [0.4, 0.5) is 0 Å². The summed E-state index contributed by atoms with van der Waals surface area (Å²) in [6.45, 7) is 7.72. The predicted octanol–water partition coefficient (Wildman–Crippen LogP) is 2.95. The fraction of sp³-hybridized carbons (Fsp3) is 0.455. The van der Waals surface area contributed by atoms with Crippen LogP contribution in [-0.4, -0.2) is 35.8 Å². The van der Waals surface area contributed by atoms with Gasteiger partial charge in [0.15, 0.2) is 5.76 Å². The van der Waals surface area contributed by atoms with E-state index in [1.54, 1.807) is 19.1 Å². The molecule has 150 valence electrons. The van der Waals surface area contributed by atoms with Crippen molar-refractivity contribution in [3.63, 3.8) is 0 Å². The standard InChI is InChI=1S/C22H29N3O3/c1-16-9-11-25(12-10-16)15-19-7-5-18(6-8-19)14-23-21(26)17(2)24-22(27)20-4-3-13-28-20/h3-8,13,16-17H,9-12,14-15H2,1-2H3,(H,23,26)(H,24,27). The van der Waals surface area contributed by atoms with Gasteiger partial charge in [-0.05, 0) is 62.0 Å². The van der Waals surface area contributed by atoms with E-state index < -0.39 is 11.9 Å².